The number of anilines is 2. The lowest BCUT2D eigenvalue weighted by Gasteiger charge is -2.13. The van der Waals surface area contributed by atoms with Crippen LogP contribution in [-0.4, -0.2) is 22.0 Å². The van der Waals surface area contributed by atoms with E-state index in [4.69, 9.17) is 10.7 Å². The topological polar surface area (TPSA) is 76.7 Å². The summed E-state index contributed by atoms with van der Waals surface area (Å²) in [5.74, 6) is -0.155. The van der Waals surface area contributed by atoms with Gasteiger partial charge in [0.1, 0.15) is 0 Å². The number of nitrogens with zero attached hydrogens (tertiary/aromatic N) is 3. The number of nitrogens with two attached hydrogens (primary N) is 1. The molecule has 0 aliphatic carbocycles. The van der Waals surface area contributed by atoms with Gasteiger partial charge in [0.15, 0.2) is 5.82 Å². The molecule has 0 aliphatic rings. The van der Waals surface area contributed by atoms with Crippen molar-refractivity contribution in [2.24, 2.45) is 0 Å². The summed E-state index contributed by atoms with van der Waals surface area (Å²) in [5.41, 5.74) is 7.65. The molecular formula is C18H20FN5S. The number of nitrogens with one attached hydrogen (secondary N) is 1. The Balaban J connectivity index is 2.27. The summed E-state index contributed by atoms with van der Waals surface area (Å²) >= 11 is 1.50. The Bertz CT molecular complexity index is 914. The molecular weight excluding hydrogens is 337 g/mol. The zero-order valence-corrected chi connectivity index (χ0v) is 15.4. The van der Waals surface area contributed by atoms with Gasteiger partial charge in [-0.15, -0.1) is 11.3 Å². The van der Waals surface area contributed by atoms with Gasteiger partial charge in [0, 0.05) is 24.2 Å². The van der Waals surface area contributed by atoms with Crippen LogP contribution in [0.15, 0.2) is 30.5 Å². The van der Waals surface area contributed by atoms with Crippen LogP contribution in [-0.2, 0) is 5.41 Å². The molecule has 3 N–H and O–H groups in total. The summed E-state index contributed by atoms with van der Waals surface area (Å²) < 4.78 is 14.9. The standard InChI is InChI=1S/C18H20FN5S/c1-18(2,3)16-24-14(10-6-5-7-11(21-4)13(10)19)15(25-16)12-8-9-22-17(20)23-12/h5-9,21H,1-4H3,(H2,20,22,23). The monoisotopic (exact) mass is 357 g/mol. The second-order valence-corrected chi connectivity index (χ2v) is 7.66. The highest BCUT2D eigenvalue weighted by Crippen LogP contribution is 2.41. The van der Waals surface area contributed by atoms with Gasteiger partial charge >= 0.3 is 0 Å². The van der Waals surface area contributed by atoms with E-state index in [0.29, 0.717) is 22.6 Å². The first-order valence-electron chi connectivity index (χ1n) is 7.88. The Morgan fingerprint density at radius 1 is 1.16 bits per heavy atom. The fraction of sp³-hybridized carbons (Fsp3) is 0.278. The zero-order valence-electron chi connectivity index (χ0n) is 14.6. The highest BCUT2D eigenvalue weighted by atomic mass is 32.1. The van der Waals surface area contributed by atoms with Gasteiger partial charge < -0.3 is 11.1 Å². The van der Waals surface area contributed by atoms with Gasteiger partial charge in [-0.05, 0) is 18.2 Å². The molecule has 0 atom stereocenters. The van der Waals surface area contributed by atoms with Crippen LogP contribution in [0.1, 0.15) is 25.8 Å². The molecule has 0 radical (unpaired) electrons. The molecule has 0 saturated heterocycles. The SMILES string of the molecule is CNc1cccc(-c2nc(C(C)(C)C)sc2-c2ccnc(N)n2)c1F. The van der Waals surface area contributed by atoms with Crippen molar-refractivity contribution in [1.82, 2.24) is 15.0 Å². The Morgan fingerprint density at radius 3 is 2.56 bits per heavy atom. The molecule has 25 heavy (non-hydrogen) atoms. The summed E-state index contributed by atoms with van der Waals surface area (Å²) in [6.07, 6.45) is 1.60. The summed E-state index contributed by atoms with van der Waals surface area (Å²) in [4.78, 5) is 13.8. The number of hydrogen-bond donors (Lipinski definition) is 2. The molecule has 0 fully saturated rings. The molecule has 5 nitrogen and oxygen atoms in total. The normalized spacial score (nSPS) is 11.6. The third-order valence-corrected chi connectivity index (χ3v) is 5.20. The van der Waals surface area contributed by atoms with Crippen molar-refractivity contribution >= 4 is 23.0 Å². The Labute approximate surface area is 150 Å². The van der Waals surface area contributed by atoms with Crippen molar-refractivity contribution in [1.29, 1.82) is 0 Å². The van der Waals surface area contributed by atoms with Crippen LogP contribution in [0.25, 0.3) is 21.8 Å². The average Bonchev–Trinajstić information content (AvgIpc) is 3.00. The van der Waals surface area contributed by atoms with E-state index < -0.39 is 0 Å². The Hall–Kier alpha value is -2.54. The van der Waals surface area contributed by atoms with Crippen LogP contribution in [0.3, 0.4) is 0 Å². The second-order valence-electron chi connectivity index (χ2n) is 6.66. The van der Waals surface area contributed by atoms with Crippen LogP contribution in [0.5, 0.6) is 0 Å². The highest BCUT2D eigenvalue weighted by molar-refractivity contribution is 7.15. The fourth-order valence-electron chi connectivity index (χ4n) is 2.41. The molecule has 0 bridgehead atoms. The minimum Gasteiger partial charge on any atom is -0.386 e. The van der Waals surface area contributed by atoms with Gasteiger partial charge in [-0.2, -0.15) is 0 Å². The molecule has 2 aromatic heterocycles. The van der Waals surface area contributed by atoms with Crippen LogP contribution in [0.2, 0.25) is 0 Å². The molecule has 2 heterocycles. The lowest BCUT2D eigenvalue weighted by Crippen LogP contribution is -2.10. The van der Waals surface area contributed by atoms with E-state index in [2.05, 4.69) is 36.1 Å². The Morgan fingerprint density at radius 2 is 1.92 bits per heavy atom. The molecule has 0 spiro atoms. The third kappa shape index (κ3) is 3.32. The maximum Gasteiger partial charge on any atom is 0.220 e. The van der Waals surface area contributed by atoms with E-state index in [1.165, 1.54) is 11.3 Å². The van der Waals surface area contributed by atoms with E-state index in [1.54, 1.807) is 37.5 Å². The maximum absolute atomic E-state index is 14.9. The zero-order chi connectivity index (χ0) is 18.2. The number of nitrogen functional groups attached to an aromatic ring is 1. The van der Waals surface area contributed by atoms with Crippen molar-refractivity contribution in [3.63, 3.8) is 0 Å². The van der Waals surface area contributed by atoms with Crippen molar-refractivity contribution in [3.8, 4) is 21.8 Å². The molecule has 0 aliphatic heterocycles. The lowest BCUT2D eigenvalue weighted by molar-refractivity contribution is 0.585. The average molecular weight is 357 g/mol. The smallest absolute Gasteiger partial charge is 0.220 e. The number of rotatable bonds is 3. The summed E-state index contributed by atoms with van der Waals surface area (Å²) in [6, 6.07) is 6.99. The minimum absolute atomic E-state index is 0.159. The quantitative estimate of drug-likeness (QED) is 0.730. The van der Waals surface area contributed by atoms with Crippen molar-refractivity contribution in [3.05, 3.63) is 41.3 Å². The van der Waals surface area contributed by atoms with Gasteiger partial charge in [-0.25, -0.2) is 19.3 Å². The highest BCUT2D eigenvalue weighted by Gasteiger charge is 2.25. The minimum atomic E-state index is -0.334. The van der Waals surface area contributed by atoms with E-state index >= 15 is 0 Å². The Kier molecular flexibility index (Phi) is 4.43. The van der Waals surface area contributed by atoms with Crippen molar-refractivity contribution in [2.45, 2.75) is 26.2 Å². The maximum atomic E-state index is 14.9. The molecule has 7 heteroatoms. The number of aromatic nitrogens is 3. The molecule has 1 aromatic carbocycles. The first-order chi connectivity index (χ1) is 11.8. The summed E-state index contributed by atoms with van der Waals surface area (Å²) in [5, 5.41) is 3.77. The molecule has 3 rings (SSSR count). The summed E-state index contributed by atoms with van der Waals surface area (Å²) in [6.45, 7) is 6.23. The predicted molar refractivity (Wildman–Crippen MR) is 101 cm³/mol. The van der Waals surface area contributed by atoms with E-state index in [1.807, 2.05) is 0 Å². The molecule has 0 saturated carbocycles. The molecule has 0 amide bonds. The molecule has 3 aromatic rings. The van der Waals surface area contributed by atoms with E-state index in [9.17, 15) is 4.39 Å². The molecule has 0 unspecified atom stereocenters. The fourth-order valence-corrected chi connectivity index (χ4v) is 3.51. The third-order valence-electron chi connectivity index (χ3n) is 3.70. The van der Waals surface area contributed by atoms with Gasteiger partial charge in [-0.3, -0.25) is 0 Å². The number of hydrogen-bond acceptors (Lipinski definition) is 6. The lowest BCUT2D eigenvalue weighted by atomic mass is 9.98. The van der Waals surface area contributed by atoms with E-state index in [-0.39, 0.29) is 17.2 Å². The first kappa shape index (κ1) is 17.3. The van der Waals surface area contributed by atoms with Crippen LogP contribution in [0, 0.1) is 5.82 Å². The van der Waals surface area contributed by atoms with Crippen LogP contribution in [0.4, 0.5) is 16.0 Å². The second kappa shape index (κ2) is 6.40. The van der Waals surface area contributed by atoms with Gasteiger partial charge in [-0.1, -0.05) is 26.8 Å². The predicted octanol–water partition coefficient (Wildman–Crippen LogP) is 4.33. The van der Waals surface area contributed by atoms with E-state index in [0.717, 1.165) is 9.88 Å². The van der Waals surface area contributed by atoms with Crippen molar-refractivity contribution < 1.29 is 4.39 Å². The van der Waals surface area contributed by atoms with Crippen LogP contribution < -0.4 is 11.1 Å². The largest absolute Gasteiger partial charge is 0.386 e. The van der Waals surface area contributed by atoms with Gasteiger partial charge in [0.2, 0.25) is 5.95 Å². The summed E-state index contributed by atoms with van der Waals surface area (Å²) in [7, 11) is 1.69. The van der Waals surface area contributed by atoms with Crippen LogP contribution >= 0.6 is 11.3 Å². The van der Waals surface area contributed by atoms with Crippen molar-refractivity contribution in [2.75, 3.05) is 18.1 Å². The number of benzene rings is 1. The number of thiazole rings is 1. The van der Waals surface area contributed by atoms with Gasteiger partial charge in [0.25, 0.3) is 0 Å². The molecule has 130 valence electrons. The number of halogens is 1. The first-order valence-corrected chi connectivity index (χ1v) is 8.69. The van der Waals surface area contributed by atoms with Gasteiger partial charge in [0.05, 0.1) is 27.0 Å².